The van der Waals surface area contributed by atoms with Crippen LogP contribution in [0.15, 0.2) is 60.9 Å². The topological polar surface area (TPSA) is 88.5 Å². The van der Waals surface area contributed by atoms with Crippen LogP contribution in [0.4, 0.5) is 0 Å². The molecular formula is C19H18N6O. The molecule has 1 amide bonds. The quantitative estimate of drug-likeness (QED) is 0.581. The fourth-order valence-electron chi connectivity index (χ4n) is 2.87. The van der Waals surface area contributed by atoms with Crippen molar-refractivity contribution in [2.75, 3.05) is 0 Å². The summed E-state index contributed by atoms with van der Waals surface area (Å²) in [4.78, 5) is 12.6. The van der Waals surface area contributed by atoms with Gasteiger partial charge in [0.05, 0.1) is 24.3 Å². The third-order valence-electron chi connectivity index (χ3n) is 4.28. The highest BCUT2D eigenvalue weighted by Crippen LogP contribution is 2.17. The van der Waals surface area contributed by atoms with E-state index in [1.54, 1.807) is 18.3 Å². The molecule has 0 aliphatic rings. The summed E-state index contributed by atoms with van der Waals surface area (Å²) in [5, 5.41) is 18.0. The molecule has 0 aliphatic carbocycles. The van der Waals surface area contributed by atoms with Gasteiger partial charge in [0.25, 0.3) is 5.91 Å². The number of carbonyl (C=O) groups excluding carboxylic acids is 1. The fourth-order valence-corrected chi connectivity index (χ4v) is 2.87. The molecule has 0 saturated heterocycles. The molecule has 0 fully saturated rings. The van der Waals surface area contributed by atoms with Crippen LogP contribution in [-0.2, 0) is 6.54 Å². The minimum atomic E-state index is -0.187. The summed E-state index contributed by atoms with van der Waals surface area (Å²) in [5.74, 6) is -0.187. The van der Waals surface area contributed by atoms with Gasteiger partial charge in [0.2, 0.25) is 0 Å². The first-order chi connectivity index (χ1) is 12.7. The highest BCUT2D eigenvalue weighted by Gasteiger charge is 2.16. The Hall–Kier alpha value is -3.48. The molecule has 7 heteroatoms. The Bertz CT molecular complexity index is 1040. The Morgan fingerprint density at radius 1 is 1.15 bits per heavy atom. The first-order valence-corrected chi connectivity index (χ1v) is 8.37. The van der Waals surface area contributed by atoms with E-state index >= 15 is 0 Å². The van der Waals surface area contributed by atoms with Gasteiger partial charge >= 0.3 is 0 Å². The van der Waals surface area contributed by atoms with Gasteiger partial charge in [-0.3, -0.25) is 9.48 Å². The Balaban J connectivity index is 1.47. The normalized spacial score (nSPS) is 12.2. The summed E-state index contributed by atoms with van der Waals surface area (Å²) < 4.78 is 1.87. The summed E-state index contributed by atoms with van der Waals surface area (Å²) in [6, 6.07) is 15.3. The Labute approximate surface area is 150 Å². The number of fused-ring (bicyclic) bond motifs is 1. The largest absolute Gasteiger partial charge is 0.345 e. The average Bonchev–Trinajstić information content (AvgIpc) is 3.31. The van der Waals surface area contributed by atoms with Crippen LogP contribution < -0.4 is 5.32 Å². The maximum absolute atomic E-state index is 12.6. The van der Waals surface area contributed by atoms with Crippen molar-refractivity contribution in [2.45, 2.75) is 19.5 Å². The first-order valence-electron chi connectivity index (χ1n) is 8.37. The van der Waals surface area contributed by atoms with Crippen LogP contribution in [0.5, 0.6) is 0 Å². The SMILES string of the molecule is C[C@H](NC(=O)c1cccc2n[nH]nc12)c1cnn(Cc2ccccc2)c1. The molecule has 2 N–H and O–H groups in total. The lowest BCUT2D eigenvalue weighted by Crippen LogP contribution is -2.26. The lowest BCUT2D eigenvalue weighted by Gasteiger charge is -2.12. The lowest BCUT2D eigenvalue weighted by atomic mass is 10.1. The van der Waals surface area contributed by atoms with E-state index in [-0.39, 0.29) is 11.9 Å². The van der Waals surface area contributed by atoms with E-state index in [1.807, 2.05) is 42.1 Å². The number of carbonyl (C=O) groups is 1. The number of aromatic amines is 1. The minimum Gasteiger partial charge on any atom is -0.345 e. The zero-order valence-corrected chi connectivity index (χ0v) is 14.3. The second-order valence-corrected chi connectivity index (χ2v) is 6.15. The van der Waals surface area contributed by atoms with Gasteiger partial charge in [0.15, 0.2) is 0 Å². The number of hydrogen-bond donors (Lipinski definition) is 2. The van der Waals surface area contributed by atoms with Crippen LogP contribution in [0.25, 0.3) is 11.0 Å². The van der Waals surface area contributed by atoms with E-state index < -0.39 is 0 Å². The van der Waals surface area contributed by atoms with Gasteiger partial charge in [-0.15, -0.1) is 0 Å². The van der Waals surface area contributed by atoms with Gasteiger partial charge in [-0.25, -0.2) is 0 Å². The average molecular weight is 346 g/mol. The summed E-state index contributed by atoms with van der Waals surface area (Å²) >= 11 is 0. The van der Waals surface area contributed by atoms with Crippen molar-refractivity contribution in [2.24, 2.45) is 0 Å². The third kappa shape index (κ3) is 3.19. The molecular weight excluding hydrogens is 328 g/mol. The van der Waals surface area contributed by atoms with Gasteiger partial charge in [-0.2, -0.15) is 20.5 Å². The first kappa shape index (κ1) is 16.0. The van der Waals surface area contributed by atoms with Crippen LogP contribution >= 0.6 is 0 Å². The van der Waals surface area contributed by atoms with Crippen molar-refractivity contribution in [1.29, 1.82) is 0 Å². The number of H-pyrrole nitrogens is 1. The molecule has 2 aromatic carbocycles. The number of benzene rings is 2. The molecule has 130 valence electrons. The molecule has 4 aromatic rings. The molecule has 0 radical (unpaired) electrons. The summed E-state index contributed by atoms with van der Waals surface area (Å²) in [5.41, 5.74) is 3.86. The predicted molar refractivity (Wildman–Crippen MR) is 97.5 cm³/mol. The Kier molecular flexibility index (Phi) is 4.18. The molecule has 2 aromatic heterocycles. The van der Waals surface area contributed by atoms with E-state index in [0.29, 0.717) is 23.1 Å². The van der Waals surface area contributed by atoms with Crippen LogP contribution in [-0.4, -0.2) is 31.1 Å². The highest BCUT2D eigenvalue weighted by molar-refractivity contribution is 6.04. The minimum absolute atomic E-state index is 0.172. The van der Waals surface area contributed by atoms with Crippen molar-refractivity contribution >= 4 is 16.9 Å². The maximum Gasteiger partial charge on any atom is 0.254 e. The maximum atomic E-state index is 12.6. The van der Waals surface area contributed by atoms with E-state index in [9.17, 15) is 4.79 Å². The zero-order valence-electron chi connectivity index (χ0n) is 14.3. The summed E-state index contributed by atoms with van der Waals surface area (Å²) in [6.45, 7) is 2.63. The number of aromatic nitrogens is 5. The van der Waals surface area contributed by atoms with Crippen molar-refractivity contribution in [3.63, 3.8) is 0 Å². The summed E-state index contributed by atoms with van der Waals surface area (Å²) in [6.07, 6.45) is 3.74. The van der Waals surface area contributed by atoms with E-state index in [4.69, 9.17) is 0 Å². The van der Waals surface area contributed by atoms with Crippen LogP contribution in [0.3, 0.4) is 0 Å². The molecule has 4 rings (SSSR count). The molecule has 26 heavy (non-hydrogen) atoms. The second-order valence-electron chi connectivity index (χ2n) is 6.15. The van der Waals surface area contributed by atoms with Crippen molar-refractivity contribution in [3.05, 3.63) is 77.6 Å². The monoisotopic (exact) mass is 346 g/mol. The standard InChI is InChI=1S/C19H18N6O/c1-13(15-10-20-25(12-15)11-14-6-3-2-4-7-14)21-19(26)16-8-5-9-17-18(16)23-24-22-17/h2-10,12-13H,11H2,1H3,(H,21,26)(H,22,23,24)/t13-/m0/s1. The van der Waals surface area contributed by atoms with E-state index in [0.717, 1.165) is 5.56 Å². The molecule has 0 saturated carbocycles. The molecule has 0 aliphatic heterocycles. The van der Waals surface area contributed by atoms with E-state index in [1.165, 1.54) is 5.56 Å². The van der Waals surface area contributed by atoms with Crippen molar-refractivity contribution in [3.8, 4) is 0 Å². The van der Waals surface area contributed by atoms with Gasteiger partial charge in [-0.1, -0.05) is 36.4 Å². The molecule has 2 heterocycles. The smallest absolute Gasteiger partial charge is 0.254 e. The molecule has 1 atom stereocenters. The number of nitrogens with one attached hydrogen (secondary N) is 2. The second kappa shape index (κ2) is 6.79. The zero-order chi connectivity index (χ0) is 17.9. The van der Waals surface area contributed by atoms with Crippen LogP contribution in [0, 0.1) is 0 Å². The fraction of sp³-hybridized carbons (Fsp3) is 0.158. The Morgan fingerprint density at radius 2 is 2.00 bits per heavy atom. The lowest BCUT2D eigenvalue weighted by molar-refractivity contribution is 0.0941. The van der Waals surface area contributed by atoms with Gasteiger partial charge in [-0.05, 0) is 24.6 Å². The molecule has 0 unspecified atom stereocenters. The van der Waals surface area contributed by atoms with Crippen molar-refractivity contribution < 1.29 is 4.79 Å². The molecule has 0 bridgehead atoms. The summed E-state index contributed by atoms with van der Waals surface area (Å²) in [7, 11) is 0. The predicted octanol–water partition coefficient (Wildman–Crippen LogP) is 2.69. The van der Waals surface area contributed by atoms with Gasteiger partial charge < -0.3 is 5.32 Å². The van der Waals surface area contributed by atoms with Gasteiger partial charge in [0.1, 0.15) is 11.0 Å². The number of rotatable bonds is 5. The van der Waals surface area contributed by atoms with E-state index in [2.05, 4.69) is 38.0 Å². The van der Waals surface area contributed by atoms with Crippen molar-refractivity contribution in [1.82, 2.24) is 30.5 Å². The number of para-hydroxylation sites is 1. The van der Waals surface area contributed by atoms with Crippen LogP contribution in [0.2, 0.25) is 0 Å². The third-order valence-corrected chi connectivity index (χ3v) is 4.28. The number of hydrogen-bond acceptors (Lipinski definition) is 4. The molecule has 7 nitrogen and oxygen atoms in total. The highest BCUT2D eigenvalue weighted by atomic mass is 16.1. The number of nitrogens with zero attached hydrogens (tertiary/aromatic N) is 4. The molecule has 0 spiro atoms. The number of amides is 1. The Morgan fingerprint density at radius 3 is 2.85 bits per heavy atom. The van der Waals surface area contributed by atoms with Crippen LogP contribution in [0.1, 0.15) is 34.5 Å². The van der Waals surface area contributed by atoms with Gasteiger partial charge in [0, 0.05) is 11.8 Å².